The smallest absolute Gasteiger partial charge is 0.230 e. The second-order valence-corrected chi connectivity index (χ2v) is 5.83. The average molecular weight is 277 g/mol. The lowest BCUT2D eigenvalue weighted by atomic mass is 9.88. The van der Waals surface area contributed by atoms with Crippen LogP contribution in [0.15, 0.2) is 10.6 Å². The molecular weight excluding hydrogens is 258 g/mol. The Morgan fingerprint density at radius 3 is 3.00 bits per heavy atom. The number of hydrogen-bond acceptors (Lipinski definition) is 4. The van der Waals surface area contributed by atoms with Crippen molar-refractivity contribution in [2.45, 2.75) is 19.8 Å². The Labute approximate surface area is 117 Å². The van der Waals surface area contributed by atoms with Crippen LogP contribution in [0.2, 0.25) is 0 Å². The first-order valence-corrected chi connectivity index (χ1v) is 6.99. The first-order chi connectivity index (χ1) is 9.54. The van der Waals surface area contributed by atoms with E-state index in [1.807, 2.05) is 14.0 Å². The third-order valence-corrected chi connectivity index (χ3v) is 4.32. The highest BCUT2D eigenvalue weighted by atomic mass is 16.5. The first-order valence-electron chi connectivity index (χ1n) is 6.99. The largest absolute Gasteiger partial charge is 0.361 e. The zero-order valence-corrected chi connectivity index (χ0v) is 11.8. The van der Waals surface area contributed by atoms with Crippen molar-refractivity contribution in [3.05, 3.63) is 17.5 Å². The van der Waals surface area contributed by atoms with E-state index < -0.39 is 0 Å². The van der Waals surface area contributed by atoms with Gasteiger partial charge in [0.2, 0.25) is 11.8 Å². The third kappa shape index (κ3) is 2.30. The number of rotatable bonds is 2. The molecule has 0 saturated carbocycles. The summed E-state index contributed by atoms with van der Waals surface area (Å²) in [6.45, 7) is 3.86. The van der Waals surface area contributed by atoms with Crippen LogP contribution in [0, 0.1) is 18.8 Å². The summed E-state index contributed by atoms with van der Waals surface area (Å²) in [5, 5.41) is 3.78. The van der Waals surface area contributed by atoms with E-state index in [-0.39, 0.29) is 24.2 Å². The number of hydrogen-bond donors (Lipinski definition) is 0. The zero-order chi connectivity index (χ0) is 14.3. The van der Waals surface area contributed by atoms with Crippen molar-refractivity contribution in [2.24, 2.45) is 11.8 Å². The fraction of sp³-hybridized carbons (Fsp3) is 0.643. The zero-order valence-electron chi connectivity index (χ0n) is 11.8. The molecule has 3 heterocycles. The Morgan fingerprint density at radius 2 is 2.30 bits per heavy atom. The molecule has 20 heavy (non-hydrogen) atoms. The van der Waals surface area contributed by atoms with E-state index in [1.165, 1.54) is 0 Å². The maximum absolute atomic E-state index is 12.3. The lowest BCUT2D eigenvalue weighted by molar-refractivity contribution is -0.138. The SMILES string of the molecule is Cc1cc(CC(=O)N2C[C@H]3CCN(C)C(=O)[C@H]3C2)on1. The maximum atomic E-state index is 12.3. The van der Waals surface area contributed by atoms with Crippen LogP contribution < -0.4 is 0 Å². The normalized spacial score (nSPS) is 26.0. The molecule has 0 spiro atoms. The highest BCUT2D eigenvalue weighted by Gasteiger charge is 2.43. The summed E-state index contributed by atoms with van der Waals surface area (Å²) in [6, 6.07) is 1.78. The van der Waals surface area contributed by atoms with Crippen molar-refractivity contribution in [3.8, 4) is 0 Å². The Balaban J connectivity index is 1.64. The standard InChI is InChI=1S/C14H19N3O3/c1-9-5-11(20-15-9)6-13(18)17-7-10-3-4-16(2)14(19)12(10)8-17/h5,10,12H,3-4,6-8H2,1-2H3/t10-,12+/m1/s1. The molecule has 2 saturated heterocycles. The van der Waals surface area contributed by atoms with Gasteiger partial charge in [0.1, 0.15) is 5.76 Å². The van der Waals surface area contributed by atoms with Gasteiger partial charge in [0, 0.05) is 32.7 Å². The molecule has 0 aromatic carbocycles. The van der Waals surface area contributed by atoms with Gasteiger partial charge < -0.3 is 14.3 Å². The lowest BCUT2D eigenvalue weighted by Crippen LogP contribution is -2.42. The van der Waals surface area contributed by atoms with E-state index in [2.05, 4.69) is 5.16 Å². The number of piperidine rings is 1. The number of carbonyl (C=O) groups is 2. The molecule has 6 heteroatoms. The van der Waals surface area contributed by atoms with Crippen molar-refractivity contribution in [3.63, 3.8) is 0 Å². The molecule has 0 unspecified atom stereocenters. The van der Waals surface area contributed by atoms with E-state index in [9.17, 15) is 9.59 Å². The molecule has 6 nitrogen and oxygen atoms in total. The van der Waals surface area contributed by atoms with Crippen molar-refractivity contribution in [2.75, 3.05) is 26.7 Å². The number of fused-ring (bicyclic) bond motifs is 1. The summed E-state index contributed by atoms with van der Waals surface area (Å²) in [7, 11) is 1.83. The molecular formula is C14H19N3O3. The van der Waals surface area contributed by atoms with Gasteiger partial charge in [0.15, 0.2) is 0 Å². The predicted molar refractivity (Wildman–Crippen MR) is 70.8 cm³/mol. The number of carbonyl (C=O) groups excluding carboxylic acids is 2. The number of likely N-dealkylation sites (tertiary alicyclic amines) is 2. The van der Waals surface area contributed by atoms with Gasteiger partial charge in [-0.05, 0) is 19.3 Å². The number of nitrogens with zero attached hydrogens (tertiary/aromatic N) is 3. The minimum absolute atomic E-state index is 0.0193. The molecule has 2 fully saturated rings. The van der Waals surface area contributed by atoms with E-state index in [0.717, 1.165) is 18.7 Å². The Bertz CT molecular complexity index is 540. The monoisotopic (exact) mass is 277 g/mol. The summed E-state index contributed by atoms with van der Waals surface area (Å²) in [5.74, 6) is 1.08. The number of aromatic nitrogens is 1. The van der Waals surface area contributed by atoms with Gasteiger partial charge in [-0.3, -0.25) is 9.59 Å². The fourth-order valence-corrected chi connectivity index (χ4v) is 3.16. The minimum atomic E-state index is -0.0193. The molecule has 0 radical (unpaired) electrons. The molecule has 1 aromatic rings. The van der Waals surface area contributed by atoms with E-state index in [1.54, 1.807) is 15.9 Å². The first kappa shape index (κ1) is 13.1. The predicted octanol–water partition coefficient (Wildman–Crippen LogP) is 0.462. The Morgan fingerprint density at radius 1 is 1.50 bits per heavy atom. The average Bonchev–Trinajstić information content (AvgIpc) is 3.01. The van der Waals surface area contributed by atoms with Crippen LogP contribution in [-0.2, 0) is 16.0 Å². The number of amides is 2. The van der Waals surface area contributed by atoms with Crippen molar-refractivity contribution in [1.29, 1.82) is 0 Å². The third-order valence-electron chi connectivity index (χ3n) is 4.32. The van der Waals surface area contributed by atoms with Gasteiger partial charge in [0.05, 0.1) is 18.0 Å². The van der Waals surface area contributed by atoms with Crippen LogP contribution >= 0.6 is 0 Å². The van der Waals surface area contributed by atoms with Gasteiger partial charge in [-0.15, -0.1) is 0 Å². The molecule has 3 rings (SSSR count). The highest BCUT2D eigenvalue weighted by Crippen LogP contribution is 2.31. The van der Waals surface area contributed by atoms with Gasteiger partial charge in [-0.1, -0.05) is 5.16 Å². The second-order valence-electron chi connectivity index (χ2n) is 5.83. The van der Waals surface area contributed by atoms with Gasteiger partial charge >= 0.3 is 0 Å². The Hall–Kier alpha value is -1.85. The summed E-state index contributed by atoms with van der Waals surface area (Å²) >= 11 is 0. The van der Waals surface area contributed by atoms with E-state index in [4.69, 9.17) is 4.52 Å². The van der Waals surface area contributed by atoms with Crippen LogP contribution in [0.5, 0.6) is 0 Å². The van der Waals surface area contributed by atoms with Crippen molar-refractivity contribution in [1.82, 2.24) is 15.0 Å². The molecule has 0 aliphatic carbocycles. The second kappa shape index (κ2) is 4.92. The van der Waals surface area contributed by atoms with E-state index in [0.29, 0.717) is 24.8 Å². The molecule has 2 amide bonds. The van der Waals surface area contributed by atoms with Gasteiger partial charge in [-0.25, -0.2) is 0 Å². The van der Waals surface area contributed by atoms with Crippen LogP contribution in [-0.4, -0.2) is 53.5 Å². The molecule has 2 aliphatic heterocycles. The fourth-order valence-electron chi connectivity index (χ4n) is 3.16. The topological polar surface area (TPSA) is 66.7 Å². The van der Waals surface area contributed by atoms with Gasteiger partial charge in [0.25, 0.3) is 0 Å². The minimum Gasteiger partial charge on any atom is -0.361 e. The Kier molecular flexibility index (Phi) is 3.23. The molecule has 0 N–H and O–H groups in total. The quantitative estimate of drug-likeness (QED) is 0.788. The molecule has 2 aliphatic rings. The van der Waals surface area contributed by atoms with Crippen LogP contribution in [0.4, 0.5) is 0 Å². The summed E-state index contributed by atoms with van der Waals surface area (Å²) < 4.78 is 5.08. The highest BCUT2D eigenvalue weighted by molar-refractivity contribution is 5.83. The van der Waals surface area contributed by atoms with Crippen LogP contribution in [0.25, 0.3) is 0 Å². The molecule has 2 atom stereocenters. The molecule has 0 bridgehead atoms. The molecule has 1 aromatic heterocycles. The molecule has 108 valence electrons. The number of aryl methyl sites for hydroxylation is 1. The summed E-state index contributed by atoms with van der Waals surface area (Å²) in [4.78, 5) is 27.9. The van der Waals surface area contributed by atoms with Crippen LogP contribution in [0.1, 0.15) is 17.9 Å². The summed E-state index contributed by atoms with van der Waals surface area (Å²) in [6.07, 6.45) is 1.21. The van der Waals surface area contributed by atoms with Crippen molar-refractivity contribution >= 4 is 11.8 Å². The van der Waals surface area contributed by atoms with E-state index >= 15 is 0 Å². The maximum Gasteiger partial charge on any atom is 0.230 e. The van der Waals surface area contributed by atoms with Crippen molar-refractivity contribution < 1.29 is 14.1 Å². The van der Waals surface area contributed by atoms with Gasteiger partial charge in [-0.2, -0.15) is 0 Å². The summed E-state index contributed by atoms with van der Waals surface area (Å²) in [5.41, 5.74) is 0.777. The van der Waals surface area contributed by atoms with Crippen LogP contribution in [0.3, 0.4) is 0 Å². The lowest BCUT2D eigenvalue weighted by Gasteiger charge is -2.30.